The van der Waals surface area contributed by atoms with Crippen LogP contribution >= 0.6 is 0 Å². The summed E-state index contributed by atoms with van der Waals surface area (Å²) in [6, 6.07) is 9.30. The van der Waals surface area contributed by atoms with Gasteiger partial charge >= 0.3 is 0 Å². The van der Waals surface area contributed by atoms with Crippen molar-refractivity contribution in [1.29, 1.82) is 0 Å². The average Bonchev–Trinajstić information content (AvgIpc) is 3.18. The number of H-pyrrole nitrogens is 1. The molecule has 6 nitrogen and oxygen atoms in total. The molecule has 1 N–H and O–H groups in total. The van der Waals surface area contributed by atoms with Gasteiger partial charge in [-0.15, -0.1) is 0 Å². The van der Waals surface area contributed by atoms with Gasteiger partial charge in [-0.05, 0) is 49.7 Å². The van der Waals surface area contributed by atoms with E-state index in [-0.39, 0.29) is 5.56 Å². The highest BCUT2D eigenvalue weighted by atomic mass is 16.5. The third-order valence-electron chi connectivity index (χ3n) is 4.32. The van der Waals surface area contributed by atoms with E-state index >= 15 is 0 Å². The van der Waals surface area contributed by atoms with Gasteiger partial charge in [0, 0.05) is 29.7 Å². The van der Waals surface area contributed by atoms with Crippen LogP contribution in [0.1, 0.15) is 12.5 Å². The number of rotatable bonds is 4. The summed E-state index contributed by atoms with van der Waals surface area (Å²) >= 11 is 0. The molecule has 0 spiro atoms. The van der Waals surface area contributed by atoms with Crippen LogP contribution in [0.2, 0.25) is 0 Å². The summed E-state index contributed by atoms with van der Waals surface area (Å²) in [7, 11) is 0. The molecule has 4 aromatic rings. The van der Waals surface area contributed by atoms with Crippen LogP contribution < -0.4 is 10.3 Å². The Labute approximate surface area is 150 Å². The normalized spacial score (nSPS) is 11.0. The zero-order valence-electron chi connectivity index (χ0n) is 14.6. The molecular weight excluding hydrogens is 328 g/mol. The highest BCUT2D eigenvalue weighted by Crippen LogP contribution is 2.27. The predicted molar refractivity (Wildman–Crippen MR) is 101 cm³/mol. The smallest absolute Gasteiger partial charge is 0.264 e. The first kappa shape index (κ1) is 16.1. The van der Waals surface area contributed by atoms with Gasteiger partial charge in [0.15, 0.2) is 0 Å². The lowest BCUT2D eigenvalue weighted by atomic mass is 10.1. The van der Waals surface area contributed by atoms with Crippen molar-refractivity contribution in [2.45, 2.75) is 13.8 Å². The fourth-order valence-electron chi connectivity index (χ4n) is 3.11. The second-order valence-electron chi connectivity index (χ2n) is 5.99. The van der Waals surface area contributed by atoms with Gasteiger partial charge in [0.25, 0.3) is 5.56 Å². The Morgan fingerprint density at radius 3 is 2.88 bits per heavy atom. The lowest BCUT2D eigenvalue weighted by Crippen LogP contribution is -2.19. The molecule has 0 bridgehead atoms. The van der Waals surface area contributed by atoms with Crippen LogP contribution in [0.25, 0.3) is 27.7 Å². The number of hydrogen-bond acceptors (Lipinski definition) is 4. The average molecular weight is 346 g/mol. The SMILES string of the molecule is CCOc1ccc(-n2cc(-c3cn[nH]c3)c3ncccc3c2=O)c(C)c1. The second kappa shape index (κ2) is 6.48. The van der Waals surface area contributed by atoms with E-state index in [1.54, 1.807) is 35.3 Å². The molecule has 4 rings (SSSR count). The number of aromatic nitrogens is 4. The van der Waals surface area contributed by atoms with E-state index in [1.165, 1.54) is 0 Å². The van der Waals surface area contributed by atoms with Crippen molar-refractivity contribution in [3.05, 3.63) is 71.0 Å². The Hall–Kier alpha value is -3.41. The van der Waals surface area contributed by atoms with Gasteiger partial charge in [-0.25, -0.2) is 0 Å². The van der Waals surface area contributed by atoms with E-state index in [0.717, 1.165) is 28.1 Å². The van der Waals surface area contributed by atoms with E-state index in [0.29, 0.717) is 17.5 Å². The molecule has 3 aromatic heterocycles. The first-order chi connectivity index (χ1) is 12.7. The van der Waals surface area contributed by atoms with Crippen molar-refractivity contribution in [2.75, 3.05) is 6.61 Å². The summed E-state index contributed by atoms with van der Waals surface area (Å²) in [6.45, 7) is 4.52. The lowest BCUT2D eigenvalue weighted by Gasteiger charge is -2.14. The zero-order chi connectivity index (χ0) is 18.1. The molecule has 0 amide bonds. The molecule has 0 aliphatic heterocycles. The maximum atomic E-state index is 13.1. The molecule has 0 aliphatic carbocycles. The van der Waals surface area contributed by atoms with Crippen LogP contribution in [0.15, 0.2) is 59.9 Å². The minimum atomic E-state index is -0.104. The van der Waals surface area contributed by atoms with Crippen LogP contribution in [0.3, 0.4) is 0 Å². The molecule has 0 atom stereocenters. The van der Waals surface area contributed by atoms with Gasteiger partial charge in [0.05, 0.1) is 29.4 Å². The maximum Gasteiger partial charge on any atom is 0.264 e. The first-order valence-corrected chi connectivity index (χ1v) is 8.42. The van der Waals surface area contributed by atoms with Gasteiger partial charge in [0.1, 0.15) is 5.75 Å². The maximum absolute atomic E-state index is 13.1. The van der Waals surface area contributed by atoms with Crippen molar-refractivity contribution >= 4 is 10.9 Å². The zero-order valence-corrected chi connectivity index (χ0v) is 14.6. The minimum absolute atomic E-state index is 0.104. The van der Waals surface area contributed by atoms with Crippen molar-refractivity contribution in [1.82, 2.24) is 19.7 Å². The number of pyridine rings is 2. The Balaban J connectivity index is 1.99. The van der Waals surface area contributed by atoms with E-state index in [2.05, 4.69) is 15.2 Å². The van der Waals surface area contributed by atoms with Gasteiger partial charge in [0.2, 0.25) is 0 Å². The van der Waals surface area contributed by atoms with E-state index in [4.69, 9.17) is 4.74 Å². The summed E-state index contributed by atoms with van der Waals surface area (Å²) in [5.41, 5.74) is 4.06. The standard InChI is InChI=1S/C20H18N4O2/c1-3-26-15-6-7-18(13(2)9-15)24-12-17(14-10-22-23-11-14)19-16(20(24)25)5-4-8-21-19/h4-12H,3H2,1-2H3,(H,22,23). The Morgan fingerprint density at radius 1 is 1.27 bits per heavy atom. The fraction of sp³-hybridized carbons (Fsp3) is 0.150. The second-order valence-corrected chi connectivity index (χ2v) is 5.99. The van der Waals surface area contributed by atoms with E-state index in [1.807, 2.05) is 38.2 Å². The van der Waals surface area contributed by atoms with Crippen LogP contribution in [-0.2, 0) is 0 Å². The quantitative estimate of drug-likeness (QED) is 0.614. The molecule has 130 valence electrons. The largest absolute Gasteiger partial charge is 0.494 e. The van der Waals surface area contributed by atoms with Crippen LogP contribution in [0.4, 0.5) is 0 Å². The van der Waals surface area contributed by atoms with Crippen molar-refractivity contribution in [3.63, 3.8) is 0 Å². The number of nitrogens with zero attached hydrogens (tertiary/aromatic N) is 3. The summed E-state index contributed by atoms with van der Waals surface area (Å²) in [4.78, 5) is 17.5. The van der Waals surface area contributed by atoms with Gasteiger partial charge < -0.3 is 4.74 Å². The third-order valence-corrected chi connectivity index (χ3v) is 4.32. The van der Waals surface area contributed by atoms with Crippen molar-refractivity contribution in [2.24, 2.45) is 0 Å². The monoisotopic (exact) mass is 346 g/mol. The molecule has 0 saturated carbocycles. The molecule has 6 heteroatoms. The minimum Gasteiger partial charge on any atom is -0.494 e. The molecule has 0 radical (unpaired) electrons. The van der Waals surface area contributed by atoms with Gasteiger partial charge in [-0.1, -0.05) is 0 Å². The number of aromatic amines is 1. The van der Waals surface area contributed by atoms with Gasteiger partial charge in [-0.2, -0.15) is 5.10 Å². The van der Waals surface area contributed by atoms with Crippen molar-refractivity contribution in [3.8, 4) is 22.6 Å². The van der Waals surface area contributed by atoms with Crippen molar-refractivity contribution < 1.29 is 4.74 Å². The number of fused-ring (bicyclic) bond motifs is 1. The Kier molecular flexibility index (Phi) is 4.01. The third kappa shape index (κ3) is 2.65. The number of ether oxygens (including phenoxy) is 1. The molecule has 0 saturated heterocycles. The van der Waals surface area contributed by atoms with Gasteiger partial charge in [-0.3, -0.25) is 19.4 Å². The first-order valence-electron chi connectivity index (χ1n) is 8.42. The van der Waals surface area contributed by atoms with E-state index in [9.17, 15) is 4.79 Å². The Bertz CT molecular complexity index is 1130. The summed E-state index contributed by atoms with van der Waals surface area (Å²) < 4.78 is 7.21. The molecule has 0 unspecified atom stereocenters. The summed E-state index contributed by atoms with van der Waals surface area (Å²) in [5, 5.41) is 7.41. The molecule has 26 heavy (non-hydrogen) atoms. The lowest BCUT2D eigenvalue weighted by molar-refractivity contribution is 0.340. The fourth-order valence-corrected chi connectivity index (χ4v) is 3.11. The molecule has 0 fully saturated rings. The van der Waals surface area contributed by atoms with Crippen LogP contribution in [0.5, 0.6) is 5.75 Å². The molecule has 0 aliphatic rings. The Morgan fingerprint density at radius 2 is 2.15 bits per heavy atom. The molecular formula is C20H18N4O2. The topological polar surface area (TPSA) is 72.8 Å². The number of aryl methyl sites for hydroxylation is 1. The van der Waals surface area contributed by atoms with Crippen LogP contribution in [-0.4, -0.2) is 26.4 Å². The highest BCUT2D eigenvalue weighted by Gasteiger charge is 2.14. The predicted octanol–water partition coefficient (Wildman–Crippen LogP) is 3.48. The van der Waals surface area contributed by atoms with Crippen LogP contribution in [0, 0.1) is 6.92 Å². The number of nitrogens with one attached hydrogen (secondary N) is 1. The summed E-state index contributed by atoms with van der Waals surface area (Å²) in [6.07, 6.45) is 7.04. The van der Waals surface area contributed by atoms with E-state index < -0.39 is 0 Å². The molecule has 3 heterocycles. The molecule has 1 aromatic carbocycles. The number of hydrogen-bond donors (Lipinski definition) is 1. The summed E-state index contributed by atoms with van der Waals surface area (Å²) in [5.74, 6) is 0.791. The highest BCUT2D eigenvalue weighted by molar-refractivity contribution is 5.92. The number of benzene rings is 1.